The molecule has 0 saturated carbocycles. The second-order valence-corrected chi connectivity index (χ2v) is 6.43. The molecule has 2 aromatic rings. The van der Waals surface area contributed by atoms with Gasteiger partial charge in [0.25, 0.3) is 10.0 Å². The van der Waals surface area contributed by atoms with E-state index in [0.29, 0.717) is 23.1 Å². The zero-order chi connectivity index (χ0) is 16.0. The van der Waals surface area contributed by atoms with E-state index in [9.17, 15) is 8.42 Å². The minimum absolute atomic E-state index is 0.408. The molecule has 0 spiro atoms. The lowest BCUT2D eigenvalue weighted by Gasteiger charge is -2.10. The van der Waals surface area contributed by atoms with Crippen LogP contribution < -0.4 is 9.46 Å². The van der Waals surface area contributed by atoms with Gasteiger partial charge in [0, 0.05) is 5.02 Å². The van der Waals surface area contributed by atoms with Crippen LogP contribution in [-0.2, 0) is 10.0 Å². The van der Waals surface area contributed by atoms with Gasteiger partial charge in [-0.15, -0.1) is 0 Å². The molecule has 1 N–H and O–H groups in total. The Morgan fingerprint density at radius 1 is 1.14 bits per heavy atom. The molecule has 0 aliphatic heterocycles. The maximum absolute atomic E-state index is 12.1. The highest BCUT2D eigenvalue weighted by Crippen LogP contribution is 2.25. The third kappa shape index (κ3) is 4.79. The molecule has 0 aliphatic rings. The van der Waals surface area contributed by atoms with E-state index >= 15 is 0 Å². The summed E-state index contributed by atoms with van der Waals surface area (Å²) in [6.45, 7) is 2.30. The largest absolute Gasteiger partial charge is 0.492 e. The van der Waals surface area contributed by atoms with Crippen molar-refractivity contribution in [2.24, 2.45) is 0 Å². The van der Waals surface area contributed by atoms with E-state index in [1.54, 1.807) is 48.5 Å². The Morgan fingerprint density at radius 3 is 2.50 bits per heavy atom. The topological polar surface area (TPSA) is 55.4 Å². The second-order valence-electron chi connectivity index (χ2n) is 4.43. The molecule has 2 aromatic carbocycles. The molecule has 0 aliphatic carbocycles. The fourth-order valence-electron chi connectivity index (χ4n) is 1.76. The predicted octanol–water partition coefficient (Wildman–Crippen LogP) is 4.15. The van der Waals surface area contributed by atoms with E-state index in [0.717, 1.165) is 11.0 Å². The van der Waals surface area contributed by atoms with Crippen LogP contribution in [-0.4, -0.2) is 15.0 Å². The van der Waals surface area contributed by atoms with E-state index in [1.165, 1.54) is 6.08 Å². The van der Waals surface area contributed by atoms with Crippen molar-refractivity contribution in [1.29, 1.82) is 0 Å². The van der Waals surface area contributed by atoms with Crippen molar-refractivity contribution in [3.63, 3.8) is 0 Å². The van der Waals surface area contributed by atoms with Crippen molar-refractivity contribution in [2.45, 2.75) is 6.92 Å². The van der Waals surface area contributed by atoms with Gasteiger partial charge in [-0.1, -0.05) is 35.9 Å². The third-order valence-corrected chi connectivity index (χ3v) is 4.00. The van der Waals surface area contributed by atoms with Crippen molar-refractivity contribution in [1.82, 2.24) is 0 Å². The SMILES string of the molecule is CCOc1ccccc1NS(=O)(=O)/C=C/c1ccc(Cl)cc1. The number of anilines is 1. The molecule has 0 heterocycles. The summed E-state index contributed by atoms with van der Waals surface area (Å²) in [6.07, 6.45) is 1.50. The van der Waals surface area contributed by atoms with Gasteiger partial charge in [-0.25, -0.2) is 8.42 Å². The summed E-state index contributed by atoms with van der Waals surface area (Å²) in [5.41, 5.74) is 1.15. The lowest BCUT2D eigenvalue weighted by molar-refractivity contribution is 0.342. The van der Waals surface area contributed by atoms with E-state index in [4.69, 9.17) is 16.3 Å². The van der Waals surface area contributed by atoms with Gasteiger partial charge in [-0.3, -0.25) is 4.72 Å². The zero-order valence-electron chi connectivity index (χ0n) is 12.0. The molecule has 4 nitrogen and oxygen atoms in total. The lowest BCUT2D eigenvalue weighted by atomic mass is 10.2. The number of rotatable bonds is 6. The Morgan fingerprint density at radius 2 is 1.82 bits per heavy atom. The maximum atomic E-state index is 12.1. The van der Waals surface area contributed by atoms with Crippen LogP contribution in [0.25, 0.3) is 6.08 Å². The molecule has 0 amide bonds. The summed E-state index contributed by atoms with van der Waals surface area (Å²) >= 11 is 5.79. The molecule has 6 heteroatoms. The Labute approximate surface area is 135 Å². The van der Waals surface area contributed by atoms with Gasteiger partial charge in [0.2, 0.25) is 0 Å². The number of nitrogens with one attached hydrogen (secondary N) is 1. The number of benzene rings is 2. The van der Waals surface area contributed by atoms with Crippen LogP contribution in [0.2, 0.25) is 5.02 Å². The summed E-state index contributed by atoms with van der Waals surface area (Å²) < 4.78 is 32.1. The summed E-state index contributed by atoms with van der Waals surface area (Å²) in [5, 5.41) is 1.71. The smallest absolute Gasteiger partial charge is 0.255 e. The molecule has 0 bridgehead atoms. The first-order chi connectivity index (χ1) is 10.5. The first kappa shape index (κ1) is 16.4. The van der Waals surface area contributed by atoms with Crippen LogP contribution in [0.3, 0.4) is 0 Å². The lowest BCUT2D eigenvalue weighted by Crippen LogP contribution is -2.10. The van der Waals surface area contributed by atoms with Crippen molar-refractivity contribution >= 4 is 33.4 Å². The van der Waals surface area contributed by atoms with Gasteiger partial charge in [0.05, 0.1) is 17.7 Å². The monoisotopic (exact) mass is 337 g/mol. The van der Waals surface area contributed by atoms with Gasteiger partial charge in [0.1, 0.15) is 5.75 Å². The number of hydrogen-bond donors (Lipinski definition) is 1. The minimum Gasteiger partial charge on any atom is -0.492 e. The van der Waals surface area contributed by atoms with Gasteiger partial charge in [-0.05, 0) is 42.8 Å². The van der Waals surface area contributed by atoms with Gasteiger partial charge >= 0.3 is 0 Å². The van der Waals surface area contributed by atoms with E-state index in [1.807, 2.05) is 6.92 Å². The fourth-order valence-corrected chi connectivity index (χ4v) is 2.77. The first-order valence-corrected chi connectivity index (χ1v) is 8.61. The predicted molar refractivity (Wildman–Crippen MR) is 90.6 cm³/mol. The standard InChI is InChI=1S/C16H16ClNO3S/c1-2-21-16-6-4-3-5-15(16)18-22(19,20)12-11-13-7-9-14(17)10-8-13/h3-12,18H,2H2,1H3/b12-11+. The van der Waals surface area contributed by atoms with Crippen molar-refractivity contribution in [3.8, 4) is 5.75 Å². The van der Waals surface area contributed by atoms with Gasteiger partial charge < -0.3 is 4.74 Å². The molecule has 116 valence electrons. The fraction of sp³-hybridized carbons (Fsp3) is 0.125. The molecular weight excluding hydrogens is 322 g/mol. The van der Waals surface area contributed by atoms with E-state index in [-0.39, 0.29) is 0 Å². The Balaban J connectivity index is 2.16. The number of para-hydroxylation sites is 2. The molecular formula is C16H16ClNO3S. The number of sulfonamides is 1. The molecule has 0 atom stereocenters. The van der Waals surface area contributed by atoms with Crippen LogP contribution >= 0.6 is 11.6 Å². The molecule has 22 heavy (non-hydrogen) atoms. The molecule has 0 saturated heterocycles. The average molecular weight is 338 g/mol. The third-order valence-electron chi connectivity index (χ3n) is 2.75. The van der Waals surface area contributed by atoms with Crippen LogP contribution in [0.1, 0.15) is 12.5 Å². The molecule has 2 rings (SSSR count). The van der Waals surface area contributed by atoms with E-state index < -0.39 is 10.0 Å². The van der Waals surface area contributed by atoms with Gasteiger partial charge in [0.15, 0.2) is 0 Å². The Bertz CT molecular complexity index is 755. The molecule has 0 aromatic heterocycles. The summed E-state index contributed by atoms with van der Waals surface area (Å²) in [5.74, 6) is 0.494. The molecule has 0 unspecified atom stereocenters. The van der Waals surface area contributed by atoms with Crippen LogP contribution in [0.4, 0.5) is 5.69 Å². The zero-order valence-corrected chi connectivity index (χ0v) is 13.6. The molecule has 0 radical (unpaired) electrons. The second kappa shape index (κ2) is 7.33. The van der Waals surface area contributed by atoms with Gasteiger partial charge in [-0.2, -0.15) is 0 Å². The van der Waals surface area contributed by atoms with Crippen molar-refractivity contribution in [3.05, 3.63) is 64.5 Å². The maximum Gasteiger partial charge on any atom is 0.255 e. The highest BCUT2D eigenvalue weighted by molar-refractivity contribution is 7.95. The van der Waals surface area contributed by atoms with Crippen molar-refractivity contribution in [2.75, 3.05) is 11.3 Å². The van der Waals surface area contributed by atoms with E-state index in [2.05, 4.69) is 4.72 Å². The van der Waals surface area contributed by atoms with Crippen molar-refractivity contribution < 1.29 is 13.2 Å². The Hall–Kier alpha value is -1.98. The Kier molecular flexibility index (Phi) is 5.46. The summed E-state index contributed by atoms with van der Waals surface area (Å²) in [4.78, 5) is 0. The van der Waals surface area contributed by atoms with Crippen LogP contribution in [0.5, 0.6) is 5.75 Å². The number of hydrogen-bond acceptors (Lipinski definition) is 3. The summed E-state index contributed by atoms with van der Waals surface area (Å²) in [6, 6.07) is 13.8. The first-order valence-electron chi connectivity index (χ1n) is 6.68. The average Bonchev–Trinajstić information content (AvgIpc) is 2.49. The number of ether oxygens (including phenoxy) is 1. The number of halogens is 1. The quantitative estimate of drug-likeness (QED) is 0.861. The highest BCUT2D eigenvalue weighted by Gasteiger charge is 2.09. The van der Waals surface area contributed by atoms with Crippen LogP contribution in [0, 0.1) is 0 Å². The minimum atomic E-state index is -3.63. The highest BCUT2D eigenvalue weighted by atomic mass is 35.5. The summed E-state index contributed by atoms with van der Waals surface area (Å²) in [7, 11) is -3.63. The van der Waals surface area contributed by atoms with Crippen LogP contribution in [0.15, 0.2) is 53.9 Å². The molecule has 0 fully saturated rings. The normalized spacial score (nSPS) is 11.5.